The SMILES string of the molecule is NC1CCCCC1OC1CCOC2(CCOCC2)C1. The molecule has 2 saturated heterocycles. The average Bonchev–Trinajstić information content (AvgIpc) is 2.42. The van der Waals surface area contributed by atoms with E-state index in [1.54, 1.807) is 0 Å². The summed E-state index contributed by atoms with van der Waals surface area (Å²) in [5.74, 6) is 0. The molecule has 1 aliphatic carbocycles. The Morgan fingerprint density at radius 2 is 1.79 bits per heavy atom. The van der Waals surface area contributed by atoms with Crippen LogP contribution in [-0.4, -0.2) is 43.7 Å². The molecule has 2 aliphatic heterocycles. The zero-order valence-corrected chi connectivity index (χ0v) is 11.8. The van der Waals surface area contributed by atoms with Gasteiger partial charge in [-0.05, 0) is 32.1 Å². The average molecular weight is 269 g/mol. The molecule has 4 nitrogen and oxygen atoms in total. The van der Waals surface area contributed by atoms with E-state index >= 15 is 0 Å². The predicted octanol–water partition coefficient (Wildman–Crippen LogP) is 2.00. The number of rotatable bonds is 2. The van der Waals surface area contributed by atoms with E-state index in [1.165, 1.54) is 12.8 Å². The normalized spacial score (nSPS) is 39.3. The van der Waals surface area contributed by atoms with E-state index in [-0.39, 0.29) is 17.7 Å². The molecule has 0 aromatic heterocycles. The molecule has 3 aliphatic rings. The smallest absolute Gasteiger partial charge is 0.0751 e. The fraction of sp³-hybridized carbons (Fsp3) is 1.00. The van der Waals surface area contributed by atoms with E-state index < -0.39 is 0 Å². The highest BCUT2D eigenvalue weighted by atomic mass is 16.5. The third-order valence-electron chi connectivity index (χ3n) is 4.97. The van der Waals surface area contributed by atoms with E-state index in [2.05, 4.69) is 0 Å². The zero-order chi connectivity index (χ0) is 13.1. The van der Waals surface area contributed by atoms with Crippen molar-refractivity contribution >= 4 is 0 Å². The van der Waals surface area contributed by atoms with E-state index in [1.807, 2.05) is 0 Å². The van der Waals surface area contributed by atoms with Gasteiger partial charge < -0.3 is 19.9 Å². The third kappa shape index (κ3) is 3.30. The van der Waals surface area contributed by atoms with Gasteiger partial charge in [-0.25, -0.2) is 0 Å². The highest BCUT2D eigenvalue weighted by Crippen LogP contribution is 2.36. The fourth-order valence-electron chi connectivity index (χ4n) is 3.73. The minimum absolute atomic E-state index is 0.0277. The summed E-state index contributed by atoms with van der Waals surface area (Å²) < 4.78 is 17.8. The molecule has 0 amide bonds. The van der Waals surface area contributed by atoms with Crippen LogP contribution in [0.2, 0.25) is 0 Å². The van der Waals surface area contributed by atoms with Gasteiger partial charge in [-0.1, -0.05) is 12.8 Å². The summed E-state index contributed by atoms with van der Waals surface area (Å²) in [6.45, 7) is 2.48. The van der Waals surface area contributed by atoms with Crippen molar-refractivity contribution in [1.82, 2.24) is 0 Å². The van der Waals surface area contributed by atoms with Gasteiger partial charge in [0.25, 0.3) is 0 Å². The Bertz CT molecular complexity index is 286. The van der Waals surface area contributed by atoms with Crippen molar-refractivity contribution in [2.45, 2.75) is 75.2 Å². The summed E-state index contributed by atoms with van der Waals surface area (Å²) >= 11 is 0. The first-order chi connectivity index (χ1) is 9.27. The first-order valence-electron chi connectivity index (χ1n) is 7.90. The van der Waals surface area contributed by atoms with Crippen LogP contribution in [0.15, 0.2) is 0 Å². The molecule has 1 saturated carbocycles. The van der Waals surface area contributed by atoms with Gasteiger partial charge in [0.2, 0.25) is 0 Å². The minimum Gasteiger partial charge on any atom is -0.381 e. The van der Waals surface area contributed by atoms with Crippen molar-refractivity contribution in [3.05, 3.63) is 0 Å². The lowest BCUT2D eigenvalue weighted by molar-refractivity contribution is -0.181. The van der Waals surface area contributed by atoms with Gasteiger partial charge in [-0.15, -0.1) is 0 Å². The Hall–Kier alpha value is -0.160. The summed E-state index contributed by atoms with van der Waals surface area (Å²) in [5, 5.41) is 0. The van der Waals surface area contributed by atoms with Gasteiger partial charge in [-0.2, -0.15) is 0 Å². The van der Waals surface area contributed by atoms with Crippen LogP contribution in [0.5, 0.6) is 0 Å². The first-order valence-corrected chi connectivity index (χ1v) is 7.90. The van der Waals surface area contributed by atoms with Crippen LogP contribution in [0, 0.1) is 0 Å². The van der Waals surface area contributed by atoms with E-state index in [9.17, 15) is 0 Å². The summed E-state index contributed by atoms with van der Waals surface area (Å²) in [6, 6.07) is 0.238. The summed E-state index contributed by atoms with van der Waals surface area (Å²) in [4.78, 5) is 0. The fourth-order valence-corrected chi connectivity index (χ4v) is 3.73. The second-order valence-electron chi connectivity index (χ2n) is 6.38. The maximum atomic E-state index is 6.33. The van der Waals surface area contributed by atoms with Crippen molar-refractivity contribution in [2.75, 3.05) is 19.8 Å². The number of nitrogens with two attached hydrogens (primary N) is 1. The summed E-state index contributed by atoms with van der Waals surface area (Å²) in [5.41, 5.74) is 6.22. The lowest BCUT2D eigenvalue weighted by Crippen LogP contribution is -2.49. The molecule has 0 aromatic rings. The van der Waals surface area contributed by atoms with Crippen LogP contribution >= 0.6 is 0 Å². The van der Waals surface area contributed by atoms with Crippen LogP contribution in [0.1, 0.15) is 51.4 Å². The Labute approximate surface area is 116 Å². The molecule has 1 spiro atoms. The van der Waals surface area contributed by atoms with E-state index in [4.69, 9.17) is 19.9 Å². The first kappa shape index (κ1) is 13.8. The summed E-state index contributed by atoms with van der Waals surface area (Å²) in [6.07, 6.45) is 9.46. The molecule has 0 aromatic carbocycles. The van der Waals surface area contributed by atoms with Crippen LogP contribution in [0.25, 0.3) is 0 Å². The lowest BCUT2D eigenvalue weighted by Gasteiger charge is -2.44. The van der Waals surface area contributed by atoms with Crippen molar-refractivity contribution in [3.63, 3.8) is 0 Å². The van der Waals surface area contributed by atoms with Crippen LogP contribution in [0.4, 0.5) is 0 Å². The highest BCUT2D eigenvalue weighted by Gasteiger charge is 2.40. The maximum absolute atomic E-state index is 6.33. The van der Waals surface area contributed by atoms with Crippen LogP contribution < -0.4 is 5.73 Å². The Balaban J connectivity index is 1.55. The molecular weight excluding hydrogens is 242 g/mol. The van der Waals surface area contributed by atoms with E-state index in [0.29, 0.717) is 6.10 Å². The van der Waals surface area contributed by atoms with Crippen molar-refractivity contribution < 1.29 is 14.2 Å². The molecule has 3 fully saturated rings. The zero-order valence-electron chi connectivity index (χ0n) is 11.8. The van der Waals surface area contributed by atoms with Gasteiger partial charge in [0, 0.05) is 32.3 Å². The molecule has 2 heterocycles. The van der Waals surface area contributed by atoms with Crippen molar-refractivity contribution in [2.24, 2.45) is 5.73 Å². The van der Waals surface area contributed by atoms with Crippen LogP contribution in [0.3, 0.4) is 0 Å². The van der Waals surface area contributed by atoms with Gasteiger partial charge in [0.1, 0.15) is 0 Å². The maximum Gasteiger partial charge on any atom is 0.0751 e. The topological polar surface area (TPSA) is 53.7 Å². The van der Waals surface area contributed by atoms with Gasteiger partial charge in [-0.3, -0.25) is 0 Å². The monoisotopic (exact) mass is 269 g/mol. The van der Waals surface area contributed by atoms with Gasteiger partial charge in [0.15, 0.2) is 0 Å². The Kier molecular flexibility index (Phi) is 4.42. The lowest BCUT2D eigenvalue weighted by atomic mass is 9.84. The molecule has 3 rings (SSSR count). The van der Waals surface area contributed by atoms with Gasteiger partial charge in [0.05, 0.1) is 17.8 Å². The van der Waals surface area contributed by atoms with Crippen LogP contribution in [-0.2, 0) is 14.2 Å². The largest absolute Gasteiger partial charge is 0.381 e. The molecule has 4 heteroatoms. The minimum atomic E-state index is 0.0277. The molecule has 110 valence electrons. The molecule has 2 N–H and O–H groups in total. The summed E-state index contributed by atoms with van der Waals surface area (Å²) in [7, 11) is 0. The third-order valence-corrected chi connectivity index (χ3v) is 4.97. The number of hydrogen-bond acceptors (Lipinski definition) is 4. The van der Waals surface area contributed by atoms with E-state index in [0.717, 1.165) is 58.3 Å². The molecule has 0 bridgehead atoms. The predicted molar refractivity (Wildman–Crippen MR) is 73.1 cm³/mol. The Morgan fingerprint density at radius 1 is 1.00 bits per heavy atom. The molecule has 19 heavy (non-hydrogen) atoms. The van der Waals surface area contributed by atoms with Gasteiger partial charge >= 0.3 is 0 Å². The number of hydrogen-bond donors (Lipinski definition) is 1. The number of ether oxygens (including phenoxy) is 3. The second kappa shape index (κ2) is 6.08. The molecule has 3 unspecified atom stereocenters. The Morgan fingerprint density at radius 3 is 2.58 bits per heavy atom. The molecule has 0 radical (unpaired) electrons. The highest BCUT2D eigenvalue weighted by molar-refractivity contribution is 4.91. The quantitative estimate of drug-likeness (QED) is 0.833. The standard InChI is InChI=1S/C15H27NO3/c16-13-3-1-2-4-14(13)19-12-5-8-18-15(11-12)6-9-17-10-7-15/h12-14H,1-11,16H2. The molecule has 3 atom stereocenters. The molecular formula is C15H27NO3. The van der Waals surface area contributed by atoms with Crippen molar-refractivity contribution in [3.8, 4) is 0 Å². The van der Waals surface area contributed by atoms with Crippen molar-refractivity contribution in [1.29, 1.82) is 0 Å². The second-order valence-corrected chi connectivity index (χ2v) is 6.38.